The lowest BCUT2D eigenvalue weighted by Crippen LogP contribution is -2.40. The molecule has 1 fully saturated rings. The Kier molecular flexibility index (Phi) is 8.28. The topological polar surface area (TPSA) is 90.3 Å². The van der Waals surface area contributed by atoms with Crippen molar-refractivity contribution in [2.75, 3.05) is 54.5 Å². The van der Waals surface area contributed by atoms with Gasteiger partial charge in [-0.2, -0.15) is 8.42 Å². The molecule has 1 saturated heterocycles. The van der Waals surface area contributed by atoms with Crippen molar-refractivity contribution in [3.63, 3.8) is 0 Å². The van der Waals surface area contributed by atoms with Crippen molar-refractivity contribution in [2.24, 2.45) is 5.41 Å². The largest absolute Gasteiger partial charge is 0.497 e. The summed E-state index contributed by atoms with van der Waals surface area (Å²) in [4.78, 5) is 17.0. The summed E-state index contributed by atoms with van der Waals surface area (Å²) in [6.07, 6.45) is 3.65. The number of aromatic nitrogens is 1. The van der Waals surface area contributed by atoms with Crippen molar-refractivity contribution in [3.8, 4) is 5.75 Å². The highest BCUT2D eigenvalue weighted by atomic mass is 32.2. The Balaban J connectivity index is 1.78. The van der Waals surface area contributed by atoms with Crippen molar-refractivity contribution in [1.82, 2.24) is 13.8 Å². The van der Waals surface area contributed by atoms with E-state index < -0.39 is 21.7 Å². The van der Waals surface area contributed by atoms with Gasteiger partial charge in [-0.25, -0.2) is 3.97 Å². The summed E-state index contributed by atoms with van der Waals surface area (Å²) in [5.74, 6) is 0.0891. The minimum Gasteiger partial charge on any atom is -0.497 e. The van der Waals surface area contributed by atoms with Crippen LogP contribution >= 0.6 is 0 Å². The smallest absolute Gasteiger partial charge is 0.366 e. The summed E-state index contributed by atoms with van der Waals surface area (Å²) in [5.41, 5.74) is 0.240. The van der Waals surface area contributed by atoms with Gasteiger partial charge in [0.05, 0.1) is 24.6 Å². The average molecular weight is 496 g/mol. The Morgan fingerprint density at radius 3 is 2.50 bits per heavy atom. The van der Waals surface area contributed by atoms with Gasteiger partial charge in [0.25, 0.3) is 0 Å². The van der Waals surface area contributed by atoms with Gasteiger partial charge in [-0.3, -0.25) is 8.98 Å². The molecule has 0 amide bonds. The highest BCUT2D eigenvalue weighted by Crippen LogP contribution is 2.29. The first kappa shape index (κ1) is 26.5. The molecule has 0 unspecified atom stereocenters. The molecule has 1 aliphatic rings. The summed E-state index contributed by atoms with van der Waals surface area (Å²) in [6.45, 7) is 5.45. The third-order valence-electron chi connectivity index (χ3n) is 6.19. The van der Waals surface area contributed by atoms with Crippen molar-refractivity contribution in [1.29, 1.82) is 0 Å². The lowest BCUT2D eigenvalue weighted by atomic mass is 9.95. The number of carbonyl (C=O) groups is 1. The average Bonchev–Trinajstić information content (AvgIpc) is 3.16. The second-order valence-corrected chi connectivity index (χ2v) is 11.4. The SMILES string of the molecule is COc1ccc2c(CCN(C)C)cn(S(=O)(=O)OCC(C)(C)C(=O)OC3CCN(C)CC3)c2c1. The van der Waals surface area contributed by atoms with Crippen LogP contribution in [0.2, 0.25) is 0 Å². The molecular formula is C24H37N3O6S. The lowest BCUT2D eigenvalue weighted by Gasteiger charge is -2.31. The van der Waals surface area contributed by atoms with Crippen LogP contribution in [-0.4, -0.2) is 88.8 Å². The zero-order chi connectivity index (χ0) is 25.1. The molecule has 0 aliphatic carbocycles. The van der Waals surface area contributed by atoms with Crippen LogP contribution in [0.25, 0.3) is 10.9 Å². The summed E-state index contributed by atoms with van der Waals surface area (Å²) in [6, 6.07) is 5.34. The minimum atomic E-state index is -4.20. The lowest BCUT2D eigenvalue weighted by molar-refractivity contribution is -0.163. The van der Waals surface area contributed by atoms with E-state index in [1.54, 1.807) is 32.2 Å². The molecule has 0 atom stereocenters. The number of piperidine rings is 1. The molecular weight excluding hydrogens is 458 g/mol. The van der Waals surface area contributed by atoms with Crippen molar-refractivity contribution in [2.45, 2.75) is 39.2 Å². The highest BCUT2D eigenvalue weighted by molar-refractivity contribution is 7.85. The van der Waals surface area contributed by atoms with E-state index in [9.17, 15) is 13.2 Å². The molecule has 3 rings (SSSR count). The Morgan fingerprint density at radius 1 is 1.21 bits per heavy atom. The maximum Gasteiger partial charge on any atom is 0.366 e. The molecule has 10 heteroatoms. The van der Waals surface area contributed by atoms with Gasteiger partial charge in [-0.05, 0) is 71.9 Å². The number of benzene rings is 1. The number of likely N-dealkylation sites (tertiary alicyclic amines) is 1. The van der Waals surface area contributed by atoms with E-state index in [2.05, 4.69) is 4.90 Å². The summed E-state index contributed by atoms with van der Waals surface area (Å²) >= 11 is 0. The van der Waals surface area contributed by atoms with E-state index in [4.69, 9.17) is 13.7 Å². The Labute approximate surface area is 202 Å². The number of hydrogen-bond acceptors (Lipinski definition) is 8. The predicted molar refractivity (Wildman–Crippen MR) is 131 cm³/mol. The number of esters is 1. The number of carbonyl (C=O) groups excluding carboxylic acids is 1. The maximum absolute atomic E-state index is 13.2. The number of nitrogens with zero attached hydrogens (tertiary/aromatic N) is 3. The van der Waals surface area contributed by atoms with Crippen LogP contribution < -0.4 is 4.74 Å². The molecule has 1 aromatic heterocycles. The molecule has 1 aromatic carbocycles. The first-order valence-electron chi connectivity index (χ1n) is 11.6. The van der Waals surface area contributed by atoms with Crippen LogP contribution in [0.3, 0.4) is 0 Å². The Bertz CT molecular complexity index is 1100. The molecule has 0 spiro atoms. The van der Waals surface area contributed by atoms with E-state index in [0.29, 0.717) is 17.7 Å². The quantitative estimate of drug-likeness (QED) is 0.465. The van der Waals surface area contributed by atoms with E-state index >= 15 is 0 Å². The van der Waals surface area contributed by atoms with Gasteiger partial charge in [0.15, 0.2) is 0 Å². The van der Waals surface area contributed by atoms with Crippen molar-refractivity contribution >= 4 is 27.2 Å². The Morgan fingerprint density at radius 2 is 1.88 bits per heavy atom. The molecule has 1 aliphatic heterocycles. The fraction of sp³-hybridized carbons (Fsp3) is 0.625. The number of rotatable bonds is 10. The third kappa shape index (κ3) is 6.29. The second-order valence-electron chi connectivity index (χ2n) is 9.90. The number of likely N-dealkylation sites (N-methyl/N-ethyl adjacent to an activating group) is 1. The zero-order valence-electron chi connectivity index (χ0n) is 21.0. The number of fused-ring (bicyclic) bond motifs is 1. The van der Waals surface area contributed by atoms with Crippen molar-refractivity contribution < 1.29 is 26.9 Å². The van der Waals surface area contributed by atoms with Crippen LogP contribution in [0.1, 0.15) is 32.3 Å². The van der Waals surface area contributed by atoms with E-state index in [0.717, 1.165) is 47.4 Å². The van der Waals surface area contributed by atoms with E-state index in [1.165, 1.54) is 7.11 Å². The molecule has 9 nitrogen and oxygen atoms in total. The van der Waals surface area contributed by atoms with Crippen LogP contribution in [0.4, 0.5) is 0 Å². The molecule has 0 bridgehead atoms. The van der Waals surface area contributed by atoms with Gasteiger partial charge in [0, 0.05) is 37.3 Å². The number of hydrogen-bond donors (Lipinski definition) is 0. The van der Waals surface area contributed by atoms with E-state index in [-0.39, 0.29) is 12.7 Å². The molecule has 0 saturated carbocycles. The van der Waals surface area contributed by atoms with Gasteiger partial charge in [-0.1, -0.05) is 0 Å². The minimum absolute atomic E-state index is 0.153. The first-order valence-corrected chi connectivity index (χ1v) is 12.9. The number of methoxy groups -OCH3 is 1. The van der Waals surface area contributed by atoms with Crippen LogP contribution in [-0.2, 0) is 30.4 Å². The van der Waals surface area contributed by atoms with Gasteiger partial charge in [-0.15, -0.1) is 0 Å². The van der Waals surface area contributed by atoms with Crippen LogP contribution in [0, 0.1) is 5.41 Å². The molecule has 190 valence electrons. The van der Waals surface area contributed by atoms with Crippen molar-refractivity contribution in [3.05, 3.63) is 30.0 Å². The predicted octanol–water partition coefficient (Wildman–Crippen LogP) is 2.53. The van der Waals surface area contributed by atoms with Gasteiger partial charge in [0.2, 0.25) is 0 Å². The summed E-state index contributed by atoms with van der Waals surface area (Å²) < 4.78 is 44.0. The van der Waals surface area contributed by atoms with E-state index in [1.807, 2.05) is 32.1 Å². The normalized spacial score (nSPS) is 16.3. The maximum atomic E-state index is 13.2. The van der Waals surface area contributed by atoms with Gasteiger partial charge < -0.3 is 19.3 Å². The zero-order valence-corrected chi connectivity index (χ0v) is 21.9. The highest BCUT2D eigenvalue weighted by Gasteiger charge is 2.35. The summed E-state index contributed by atoms with van der Waals surface area (Å²) in [5, 5.41) is 0.816. The number of ether oxygens (including phenoxy) is 2. The molecule has 0 N–H and O–H groups in total. The molecule has 34 heavy (non-hydrogen) atoms. The van der Waals surface area contributed by atoms with Crippen LogP contribution in [0.5, 0.6) is 5.75 Å². The monoisotopic (exact) mass is 495 g/mol. The summed E-state index contributed by atoms with van der Waals surface area (Å²) in [7, 11) is 3.30. The Hall–Kier alpha value is -2.14. The second kappa shape index (κ2) is 10.6. The van der Waals surface area contributed by atoms with Crippen LogP contribution in [0.15, 0.2) is 24.4 Å². The molecule has 2 aromatic rings. The molecule has 0 radical (unpaired) electrons. The van der Waals surface area contributed by atoms with Gasteiger partial charge >= 0.3 is 16.3 Å². The standard InChI is InChI=1S/C24H37N3O6S/c1-24(2,23(28)33-19-10-13-26(5)14-11-19)17-32-34(29,30)27-16-18(9-12-25(3)4)21-8-7-20(31-6)15-22(21)27/h7-8,15-16,19H,9-14,17H2,1-6H3. The molecule has 2 heterocycles. The van der Waals surface area contributed by atoms with Gasteiger partial charge in [0.1, 0.15) is 11.9 Å². The fourth-order valence-electron chi connectivity index (χ4n) is 3.85. The third-order valence-corrected chi connectivity index (χ3v) is 7.39. The fourth-order valence-corrected chi connectivity index (χ4v) is 5.06. The first-order chi connectivity index (χ1) is 15.9.